The van der Waals surface area contributed by atoms with Gasteiger partial charge in [0.25, 0.3) is 0 Å². The van der Waals surface area contributed by atoms with Crippen molar-refractivity contribution in [2.75, 3.05) is 0 Å². The van der Waals surface area contributed by atoms with Crippen molar-refractivity contribution in [2.24, 2.45) is 5.92 Å². The number of ketones is 1. The summed E-state index contributed by atoms with van der Waals surface area (Å²) in [6.07, 6.45) is 1.18. The van der Waals surface area contributed by atoms with E-state index in [0.29, 0.717) is 18.4 Å². The Morgan fingerprint density at radius 2 is 2.20 bits per heavy atom. The molecule has 1 aliphatic rings. The summed E-state index contributed by atoms with van der Waals surface area (Å²) in [5.74, 6) is 0.789. The Bertz CT molecular complexity index is 140. The molecule has 2 unspecified atom stereocenters. The fraction of sp³-hybridized carbons (Fsp3) is 0.875. The van der Waals surface area contributed by atoms with Gasteiger partial charge in [-0.15, -0.1) is 0 Å². The van der Waals surface area contributed by atoms with Crippen LogP contribution < -0.4 is 0 Å². The minimum absolute atomic E-state index is 0.230. The fourth-order valence-corrected chi connectivity index (χ4v) is 1.19. The van der Waals surface area contributed by atoms with E-state index in [1.807, 2.05) is 0 Å². The lowest BCUT2D eigenvalue weighted by atomic mass is 10.1. The van der Waals surface area contributed by atoms with E-state index in [1.165, 1.54) is 0 Å². The zero-order valence-corrected chi connectivity index (χ0v) is 6.76. The van der Waals surface area contributed by atoms with Crippen molar-refractivity contribution < 1.29 is 9.53 Å². The predicted octanol–water partition coefficient (Wildman–Crippen LogP) is 1.39. The van der Waals surface area contributed by atoms with E-state index in [2.05, 4.69) is 13.8 Å². The highest BCUT2D eigenvalue weighted by molar-refractivity contribution is 5.76. The molecule has 2 nitrogen and oxygen atoms in total. The minimum Gasteiger partial charge on any atom is -0.369 e. The summed E-state index contributed by atoms with van der Waals surface area (Å²) in [4.78, 5) is 10.6. The summed E-state index contributed by atoms with van der Waals surface area (Å²) in [5, 5.41) is 0. The maximum atomic E-state index is 10.6. The number of ether oxygens (including phenoxy) is 1. The molecule has 0 saturated carbocycles. The monoisotopic (exact) mass is 142 g/mol. The molecule has 2 atom stereocenters. The van der Waals surface area contributed by atoms with Crippen molar-refractivity contribution in [1.29, 1.82) is 0 Å². The smallest absolute Gasteiger partial charge is 0.132 e. The SMILES string of the molecule is CC(=O)CC1OC1C(C)C. The van der Waals surface area contributed by atoms with Gasteiger partial charge in [-0.2, -0.15) is 0 Å². The molecule has 0 radical (unpaired) electrons. The topological polar surface area (TPSA) is 29.6 Å². The molecule has 0 aromatic heterocycles. The van der Waals surface area contributed by atoms with Crippen LogP contribution in [0.2, 0.25) is 0 Å². The summed E-state index contributed by atoms with van der Waals surface area (Å²) < 4.78 is 5.27. The predicted molar refractivity (Wildman–Crippen MR) is 38.8 cm³/mol. The maximum absolute atomic E-state index is 10.6. The number of carbonyl (C=O) groups is 1. The molecular weight excluding hydrogens is 128 g/mol. The molecule has 1 rings (SSSR count). The van der Waals surface area contributed by atoms with Crippen LogP contribution in [-0.2, 0) is 9.53 Å². The van der Waals surface area contributed by atoms with Crippen LogP contribution in [0.15, 0.2) is 0 Å². The minimum atomic E-state index is 0.230. The Balaban J connectivity index is 2.19. The Morgan fingerprint density at radius 3 is 2.50 bits per heavy atom. The summed E-state index contributed by atoms with van der Waals surface area (Å²) in [6.45, 7) is 5.84. The molecule has 0 spiro atoms. The first-order valence-electron chi connectivity index (χ1n) is 3.76. The van der Waals surface area contributed by atoms with Crippen LogP contribution >= 0.6 is 0 Å². The zero-order valence-electron chi connectivity index (χ0n) is 6.76. The first kappa shape index (κ1) is 7.73. The Hall–Kier alpha value is -0.370. The van der Waals surface area contributed by atoms with E-state index in [0.717, 1.165) is 0 Å². The van der Waals surface area contributed by atoms with Gasteiger partial charge >= 0.3 is 0 Å². The first-order chi connectivity index (χ1) is 4.61. The average molecular weight is 142 g/mol. The largest absolute Gasteiger partial charge is 0.369 e. The van der Waals surface area contributed by atoms with Gasteiger partial charge in [0.15, 0.2) is 0 Å². The van der Waals surface area contributed by atoms with E-state index in [9.17, 15) is 4.79 Å². The molecule has 1 heterocycles. The van der Waals surface area contributed by atoms with Crippen molar-refractivity contribution in [3.8, 4) is 0 Å². The van der Waals surface area contributed by atoms with Crippen LogP contribution in [0.5, 0.6) is 0 Å². The number of Topliss-reactive ketones (excluding diaryl/α,β-unsaturated/α-hetero) is 1. The Kier molecular flexibility index (Phi) is 2.09. The molecule has 0 bridgehead atoms. The van der Waals surface area contributed by atoms with Crippen molar-refractivity contribution in [3.05, 3.63) is 0 Å². The van der Waals surface area contributed by atoms with Gasteiger partial charge < -0.3 is 4.74 Å². The summed E-state index contributed by atoms with van der Waals surface area (Å²) in [5.41, 5.74) is 0. The maximum Gasteiger partial charge on any atom is 0.132 e. The summed E-state index contributed by atoms with van der Waals surface area (Å²) in [7, 11) is 0. The van der Waals surface area contributed by atoms with Crippen LogP contribution in [0.4, 0.5) is 0 Å². The van der Waals surface area contributed by atoms with Gasteiger partial charge in [0.2, 0.25) is 0 Å². The van der Waals surface area contributed by atoms with Gasteiger partial charge in [0.05, 0.1) is 12.2 Å². The number of hydrogen-bond acceptors (Lipinski definition) is 2. The van der Waals surface area contributed by atoms with E-state index in [1.54, 1.807) is 6.92 Å². The van der Waals surface area contributed by atoms with Gasteiger partial charge in [0.1, 0.15) is 5.78 Å². The second-order valence-corrected chi connectivity index (χ2v) is 3.29. The highest BCUT2D eigenvalue weighted by Crippen LogP contribution is 2.31. The fourth-order valence-electron chi connectivity index (χ4n) is 1.19. The number of carbonyl (C=O) groups excluding carboxylic acids is 1. The third-order valence-corrected chi connectivity index (χ3v) is 1.77. The van der Waals surface area contributed by atoms with Gasteiger partial charge in [-0.1, -0.05) is 13.8 Å². The molecule has 0 aliphatic carbocycles. The second-order valence-electron chi connectivity index (χ2n) is 3.29. The highest BCUT2D eigenvalue weighted by Gasteiger charge is 2.41. The molecule has 1 aliphatic heterocycles. The standard InChI is InChI=1S/C8H14O2/c1-5(2)8-7(10-8)4-6(3)9/h5,7-8H,4H2,1-3H3. The lowest BCUT2D eigenvalue weighted by molar-refractivity contribution is -0.117. The second kappa shape index (κ2) is 2.70. The van der Waals surface area contributed by atoms with Crippen LogP contribution in [0.25, 0.3) is 0 Å². The van der Waals surface area contributed by atoms with Crippen molar-refractivity contribution in [3.63, 3.8) is 0 Å². The number of hydrogen-bond donors (Lipinski definition) is 0. The molecule has 0 aromatic carbocycles. The summed E-state index contributed by atoms with van der Waals surface area (Å²) >= 11 is 0. The Morgan fingerprint density at radius 1 is 1.60 bits per heavy atom. The molecule has 0 aromatic rings. The molecule has 0 amide bonds. The molecule has 1 fully saturated rings. The van der Waals surface area contributed by atoms with Gasteiger partial charge in [-0.25, -0.2) is 0 Å². The van der Waals surface area contributed by atoms with E-state index < -0.39 is 0 Å². The van der Waals surface area contributed by atoms with E-state index >= 15 is 0 Å². The van der Waals surface area contributed by atoms with Crippen LogP contribution in [0.1, 0.15) is 27.2 Å². The van der Waals surface area contributed by atoms with Gasteiger partial charge in [-0.05, 0) is 12.8 Å². The quantitative estimate of drug-likeness (QED) is 0.557. The molecule has 2 heteroatoms. The molecular formula is C8H14O2. The first-order valence-corrected chi connectivity index (χ1v) is 3.76. The molecule has 0 N–H and O–H groups in total. The molecule has 58 valence electrons. The zero-order chi connectivity index (χ0) is 7.72. The lowest BCUT2D eigenvalue weighted by Gasteiger charge is -1.94. The van der Waals surface area contributed by atoms with E-state index in [-0.39, 0.29) is 11.9 Å². The third-order valence-electron chi connectivity index (χ3n) is 1.77. The van der Waals surface area contributed by atoms with Crippen LogP contribution in [0, 0.1) is 5.92 Å². The van der Waals surface area contributed by atoms with Gasteiger partial charge in [0, 0.05) is 6.42 Å². The van der Waals surface area contributed by atoms with Crippen molar-refractivity contribution in [2.45, 2.75) is 39.4 Å². The van der Waals surface area contributed by atoms with Crippen molar-refractivity contribution in [1.82, 2.24) is 0 Å². The third kappa shape index (κ3) is 1.81. The van der Waals surface area contributed by atoms with E-state index in [4.69, 9.17) is 4.74 Å². The normalized spacial score (nSPS) is 30.8. The summed E-state index contributed by atoms with van der Waals surface area (Å²) in [6, 6.07) is 0. The van der Waals surface area contributed by atoms with Crippen LogP contribution in [-0.4, -0.2) is 18.0 Å². The molecule has 10 heavy (non-hydrogen) atoms. The lowest BCUT2D eigenvalue weighted by Crippen LogP contribution is -2.05. The number of rotatable bonds is 3. The average Bonchev–Trinajstić information content (AvgIpc) is 2.43. The van der Waals surface area contributed by atoms with Crippen LogP contribution in [0.3, 0.4) is 0 Å². The molecule has 1 saturated heterocycles. The van der Waals surface area contributed by atoms with Gasteiger partial charge in [-0.3, -0.25) is 4.79 Å². The highest BCUT2D eigenvalue weighted by atomic mass is 16.6. The van der Waals surface area contributed by atoms with Crippen molar-refractivity contribution >= 4 is 5.78 Å². The number of epoxide rings is 1. The Labute approximate surface area is 61.6 Å².